The zero-order valence-corrected chi connectivity index (χ0v) is 12.6. The lowest BCUT2D eigenvalue weighted by molar-refractivity contribution is -0.118. The van der Waals surface area contributed by atoms with Crippen molar-refractivity contribution >= 4 is 27.9 Å². The van der Waals surface area contributed by atoms with E-state index in [0.29, 0.717) is 6.54 Å². The molecule has 0 spiro atoms. The minimum atomic E-state index is -0.410. The SMILES string of the molecule is Cc1cn2c(CNc3cnn(CC(N)=O)c3)c(C)nc2s1. The number of hydrogen-bond donors (Lipinski definition) is 2. The van der Waals surface area contributed by atoms with E-state index in [2.05, 4.69) is 32.9 Å². The standard InChI is InChI=1S/C13H16N6OS/c1-8-5-19-11(9(2)17-13(19)21-8)4-15-10-3-16-18(6-10)7-12(14)20/h3,5-6,15H,4,7H2,1-2H3,(H2,14,20). The van der Waals surface area contributed by atoms with Crippen molar-refractivity contribution in [2.24, 2.45) is 5.73 Å². The summed E-state index contributed by atoms with van der Waals surface area (Å²) in [5.74, 6) is -0.410. The van der Waals surface area contributed by atoms with E-state index in [1.807, 2.05) is 6.92 Å². The summed E-state index contributed by atoms with van der Waals surface area (Å²) >= 11 is 1.68. The molecule has 3 heterocycles. The summed E-state index contributed by atoms with van der Waals surface area (Å²) in [6.07, 6.45) is 5.53. The van der Waals surface area contributed by atoms with Crippen LogP contribution in [-0.4, -0.2) is 25.1 Å². The number of nitrogens with zero attached hydrogens (tertiary/aromatic N) is 4. The summed E-state index contributed by atoms with van der Waals surface area (Å²) in [6.45, 7) is 4.80. The fraction of sp³-hybridized carbons (Fsp3) is 0.308. The molecule has 0 radical (unpaired) electrons. The van der Waals surface area contributed by atoms with Gasteiger partial charge >= 0.3 is 0 Å². The highest BCUT2D eigenvalue weighted by molar-refractivity contribution is 7.17. The number of nitrogens with one attached hydrogen (secondary N) is 1. The molecule has 0 fully saturated rings. The molecule has 110 valence electrons. The van der Waals surface area contributed by atoms with Crippen LogP contribution in [0.1, 0.15) is 16.3 Å². The van der Waals surface area contributed by atoms with E-state index in [1.54, 1.807) is 23.7 Å². The van der Waals surface area contributed by atoms with Gasteiger partial charge in [-0.3, -0.25) is 13.9 Å². The van der Waals surface area contributed by atoms with Gasteiger partial charge in [-0.2, -0.15) is 5.10 Å². The van der Waals surface area contributed by atoms with Crippen LogP contribution in [0, 0.1) is 13.8 Å². The van der Waals surface area contributed by atoms with Gasteiger partial charge in [-0.1, -0.05) is 0 Å². The first-order valence-corrected chi connectivity index (χ1v) is 7.33. The number of anilines is 1. The van der Waals surface area contributed by atoms with E-state index in [9.17, 15) is 4.79 Å². The fourth-order valence-corrected chi connectivity index (χ4v) is 3.10. The van der Waals surface area contributed by atoms with Crippen LogP contribution in [0.4, 0.5) is 5.69 Å². The van der Waals surface area contributed by atoms with Crippen LogP contribution in [0.3, 0.4) is 0 Å². The van der Waals surface area contributed by atoms with Crippen molar-refractivity contribution in [1.82, 2.24) is 19.2 Å². The lowest BCUT2D eigenvalue weighted by atomic mass is 10.3. The predicted molar refractivity (Wildman–Crippen MR) is 81.3 cm³/mol. The van der Waals surface area contributed by atoms with Crippen LogP contribution < -0.4 is 11.1 Å². The summed E-state index contributed by atoms with van der Waals surface area (Å²) in [5, 5.41) is 7.37. The Morgan fingerprint density at radius 3 is 3.00 bits per heavy atom. The van der Waals surface area contributed by atoms with Crippen molar-refractivity contribution in [3.05, 3.63) is 34.9 Å². The number of carbonyl (C=O) groups is 1. The zero-order chi connectivity index (χ0) is 15.0. The Morgan fingerprint density at radius 2 is 2.24 bits per heavy atom. The summed E-state index contributed by atoms with van der Waals surface area (Å²) in [6, 6.07) is 0. The highest BCUT2D eigenvalue weighted by Gasteiger charge is 2.11. The molecule has 8 heteroatoms. The molecule has 0 bridgehead atoms. The Bertz CT molecular complexity index is 799. The maximum atomic E-state index is 10.8. The van der Waals surface area contributed by atoms with E-state index in [-0.39, 0.29) is 6.54 Å². The Balaban J connectivity index is 1.75. The topological polar surface area (TPSA) is 90.2 Å². The number of hydrogen-bond acceptors (Lipinski definition) is 5. The summed E-state index contributed by atoms with van der Waals surface area (Å²) in [7, 11) is 0. The van der Waals surface area contributed by atoms with Crippen LogP contribution in [-0.2, 0) is 17.9 Å². The molecule has 3 aromatic rings. The highest BCUT2D eigenvalue weighted by atomic mass is 32.1. The molecular weight excluding hydrogens is 288 g/mol. The number of thiazole rings is 1. The number of imidazole rings is 1. The van der Waals surface area contributed by atoms with Crippen LogP contribution in [0.5, 0.6) is 0 Å². The number of rotatable bonds is 5. The van der Waals surface area contributed by atoms with Gasteiger partial charge in [0.15, 0.2) is 4.96 Å². The van der Waals surface area contributed by atoms with Crippen LogP contribution in [0.2, 0.25) is 0 Å². The lowest BCUT2D eigenvalue weighted by Gasteiger charge is -2.03. The lowest BCUT2D eigenvalue weighted by Crippen LogP contribution is -2.18. The van der Waals surface area contributed by atoms with Crippen molar-refractivity contribution in [2.45, 2.75) is 26.9 Å². The van der Waals surface area contributed by atoms with E-state index in [0.717, 1.165) is 22.0 Å². The number of fused-ring (bicyclic) bond motifs is 1. The van der Waals surface area contributed by atoms with Gasteiger partial charge in [-0.25, -0.2) is 4.98 Å². The molecule has 0 atom stereocenters. The van der Waals surface area contributed by atoms with Crippen molar-refractivity contribution in [1.29, 1.82) is 0 Å². The Morgan fingerprint density at radius 1 is 1.43 bits per heavy atom. The third-order valence-corrected chi connectivity index (χ3v) is 4.05. The summed E-state index contributed by atoms with van der Waals surface area (Å²) in [5.41, 5.74) is 8.12. The number of aryl methyl sites for hydroxylation is 2. The normalized spacial score (nSPS) is 11.1. The van der Waals surface area contributed by atoms with Crippen LogP contribution in [0.15, 0.2) is 18.6 Å². The number of nitrogens with two attached hydrogens (primary N) is 1. The Hall–Kier alpha value is -2.35. The Kier molecular flexibility index (Phi) is 3.38. The molecule has 0 aromatic carbocycles. The first-order chi connectivity index (χ1) is 10.0. The summed E-state index contributed by atoms with van der Waals surface area (Å²) < 4.78 is 3.62. The molecule has 0 aliphatic rings. The molecule has 0 aliphatic heterocycles. The number of primary amides is 1. The van der Waals surface area contributed by atoms with Gasteiger partial charge in [0.25, 0.3) is 0 Å². The second-order valence-electron chi connectivity index (χ2n) is 4.88. The first kappa shape index (κ1) is 13.6. The fourth-order valence-electron chi connectivity index (χ4n) is 2.21. The number of amides is 1. The maximum Gasteiger partial charge on any atom is 0.239 e. The number of carbonyl (C=O) groups excluding carboxylic acids is 1. The minimum Gasteiger partial charge on any atom is -0.377 e. The molecule has 3 N–H and O–H groups in total. The third-order valence-electron chi connectivity index (χ3n) is 3.15. The monoisotopic (exact) mass is 304 g/mol. The van der Waals surface area contributed by atoms with Crippen molar-refractivity contribution in [2.75, 3.05) is 5.32 Å². The van der Waals surface area contributed by atoms with Gasteiger partial charge < -0.3 is 11.1 Å². The largest absolute Gasteiger partial charge is 0.377 e. The average Bonchev–Trinajstić information content (AvgIpc) is 3.02. The molecular formula is C13H16N6OS. The van der Waals surface area contributed by atoms with Crippen molar-refractivity contribution < 1.29 is 4.79 Å². The van der Waals surface area contributed by atoms with Gasteiger partial charge in [0.2, 0.25) is 5.91 Å². The smallest absolute Gasteiger partial charge is 0.239 e. The Labute approximate surface area is 125 Å². The predicted octanol–water partition coefficient (Wildman–Crippen LogP) is 1.31. The second-order valence-corrected chi connectivity index (χ2v) is 6.10. The van der Waals surface area contributed by atoms with Gasteiger partial charge in [-0.05, 0) is 13.8 Å². The molecule has 0 aliphatic carbocycles. The second kappa shape index (κ2) is 5.21. The quantitative estimate of drug-likeness (QED) is 0.743. The molecule has 3 aromatic heterocycles. The van der Waals surface area contributed by atoms with Crippen LogP contribution >= 0.6 is 11.3 Å². The van der Waals surface area contributed by atoms with Crippen LogP contribution in [0.25, 0.3) is 4.96 Å². The summed E-state index contributed by atoms with van der Waals surface area (Å²) in [4.78, 5) is 17.6. The number of aromatic nitrogens is 4. The van der Waals surface area contributed by atoms with Gasteiger partial charge in [0.05, 0.1) is 29.8 Å². The highest BCUT2D eigenvalue weighted by Crippen LogP contribution is 2.21. The molecule has 3 rings (SSSR count). The minimum absolute atomic E-state index is 0.0847. The van der Waals surface area contributed by atoms with Gasteiger partial charge in [-0.15, -0.1) is 11.3 Å². The first-order valence-electron chi connectivity index (χ1n) is 6.51. The van der Waals surface area contributed by atoms with E-state index >= 15 is 0 Å². The van der Waals surface area contributed by atoms with Crippen molar-refractivity contribution in [3.8, 4) is 0 Å². The zero-order valence-electron chi connectivity index (χ0n) is 11.8. The van der Waals surface area contributed by atoms with E-state index < -0.39 is 5.91 Å². The third kappa shape index (κ3) is 2.75. The van der Waals surface area contributed by atoms with Gasteiger partial charge in [0.1, 0.15) is 6.54 Å². The molecule has 0 saturated carbocycles. The molecule has 1 amide bonds. The van der Waals surface area contributed by atoms with Crippen molar-refractivity contribution in [3.63, 3.8) is 0 Å². The molecule has 21 heavy (non-hydrogen) atoms. The average molecular weight is 304 g/mol. The van der Waals surface area contributed by atoms with Gasteiger partial charge in [0, 0.05) is 17.3 Å². The van der Waals surface area contributed by atoms with E-state index in [1.165, 1.54) is 9.56 Å². The molecule has 0 unspecified atom stereocenters. The molecule has 7 nitrogen and oxygen atoms in total. The maximum absolute atomic E-state index is 10.8. The van der Waals surface area contributed by atoms with E-state index in [4.69, 9.17) is 5.73 Å². The molecule has 0 saturated heterocycles.